The molecule has 0 radical (unpaired) electrons. The smallest absolute Gasteiger partial charge is 0.202 e. The molecule has 2 N–H and O–H groups in total. The first kappa shape index (κ1) is 15.9. The van der Waals surface area contributed by atoms with Crippen LogP contribution < -0.4 is 0 Å². The molecule has 3 rings (SSSR count). The second-order valence-corrected chi connectivity index (χ2v) is 5.90. The van der Waals surface area contributed by atoms with Gasteiger partial charge in [-0.25, -0.2) is 0 Å². The molecule has 1 aliphatic rings. The van der Waals surface area contributed by atoms with Crippen LogP contribution in [0.1, 0.15) is 67.2 Å². The lowest BCUT2D eigenvalue weighted by molar-refractivity contribution is 0.0971. The van der Waals surface area contributed by atoms with Gasteiger partial charge in [-0.3, -0.25) is 14.4 Å². The van der Waals surface area contributed by atoms with Gasteiger partial charge in [0.2, 0.25) is 5.78 Å². The molecule has 0 spiro atoms. The fourth-order valence-corrected chi connectivity index (χ4v) is 3.26. The molecule has 24 heavy (non-hydrogen) atoms. The van der Waals surface area contributed by atoms with Crippen LogP contribution in [0.25, 0.3) is 0 Å². The zero-order valence-corrected chi connectivity index (χ0v) is 13.6. The highest BCUT2D eigenvalue weighted by molar-refractivity contribution is 6.31. The number of aryl methyl sites for hydroxylation is 2. The number of Topliss-reactive ketones (excluding diaryl/α,β-unsaturated/α-hetero) is 1. The summed E-state index contributed by atoms with van der Waals surface area (Å²) in [6.07, 6.45) is 0.492. The van der Waals surface area contributed by atoms with E-state index in [4.69, 9.17) is 0 Å². The first-order valence-corrected chi connectivity index (χ1v) is 7.61. The Labute approximate surface area is 138 Å². The molecule has 2 aromatic rings. The second-order valence-electron chi connectivity index (χ2n) is 5.90. The molecule has 0 amide bonds. The number of phenolic OH excluding ortho intramolecular Hbond substituents is 2. The van der Waals surface area contributed by atoms with Gasteiger partial charge in [0.1, 0.15) is 11.5 Å². The van der Waals surface area contributed by atoms with Gasteiger partial charge in [-0.1, -0.05) is 13.0 Å². The highest BCUT2D eigenvalue weighted by Crippen LogP contribution is 2.40. The number of benzene rings is 2. The summed E-state index contributed by atoms with van der Waals surface area (Å²) in [5.74, 6) is -2.24. The Hall–Kier alpha value is -2.95. The van der Waals surface area contributed by atoms with Crippen LogP contribution in [0.3, 0.4) is 0 Å². The van der Waals surface area contributed by atoms with E-state index in [1.54, 1.807) is 13.0 Å². The summed E-state index contributed by atoms with van der Waals surface area (Å²) < 4.78 is 0. The Bertz CT molecular complexity index is 938. The molecule has 5 heteroatoms. The number of carbonyl (C=O) groups excluding carboxylic acids is 3. The molecule has 0 unspecified atom stereocenters. The number of hydrogen-bond donors (Lipinski definition) is 2. The summed E-state index contributed by atoms with van der Waals surface area (Å²) in [5, 5.41) is 20.8. The number of aromatic hydroxyl groups is 2. The van der Waals surface area contributed by atoms with E-state index in [1.807, 2.05) is 6.92 Å². The van der Waals surface area contributed by atoms with Gasteiger partial charge < -0.3 is 10.2 Å². The van der Waals surface area contributed by atoms with Crippen molar-refractivity contribution in [2.45, 2.75) is 27.2 Å². The number of hydrogen-bond acceptors (Lipinski definition) is 5. The van der Waals surface area contributed by atoms with E-state index in [2.05, 4.69) is 0 Å². The Balaban J connectivity index is 2.39. The van der Waals surface area contributed by atoms with Crippen LogP contribution in [0.15, 0.2) is 18.2 Å². The minimum Gasteiger partial charge on any atom is -0.507 e. The van der Waals surface area contributed by atoms with Crippen molar-refractivity contribution in [3.63, 3.8) is 0 Å². The van der Waals surface area contributed by atoms with Gasteiger partial charge in [-0.15, -0.1) is 0 Å². The molecule has 0 heterocycles. The van der Waals surface area contributed by atoms with Gasteiger partial charge in [0.15, 0.2) is 11.6 Å². The molecule has 1 aliphatic carbocycles. The van der Waals surface area contributed by atoms with E-state index in [0.29, 0.717) is 17.5 Å². The zero-order chi connectivity index (χ0) is 17.8. The first-order chi connectivity index (χ1) is 11.3. The predicted octanol–water partition coefficient (Wildman–Crippen LogP) is 2.95. The number of rotatable bonds is 2. The van der Waals surface area contributed by atoms with E-state index in [0.717, 1.165) is 0 Å². The van der Waals surface area contributed by atoms with Gasteiger partial charge in [0.25, 0.3) is 0 Å². The Morgan fingerprint density at radius 2 is 1.62 bits per heavy atom. The molecular formula is C19H16O5. The number of ketones is 3. The SMILES string of the molecule is CCc1ccc2c(c1O)C(=O)c1c(cc(C)c(C(C)=O)c1O)C2=O. The Kier molecular flexibility index (Phi) is 3.52. The summed E-state index contributed by atoms with van der Waals surface area (Å²) in [6.45, 7) is 4.70. The van der Waals surface area contributed by atoms with Crippen molar-refractivity contribution in [3.8, 4) is 11.5 Å². The van der Waals surface area contributed by atoms with Gasteiger partial charge in [0, 0.05) is 11.1 Å². The standard InChI is InChI=1S/C19H16O5/c1-4-10-5-6-11-14(16(10)21)19(24)15-12(17(11)22)7-8(2)13(9(3)20)18(15)23/h5-7,21,23H,4H2,1-3H3. The molecule has 0 saturated heterocycles. The van der Waals surface area contributed by atoms with E-state index >= 15 is 0 Å². The molecule has 0 fully saturated rings. The van der Waals surface area contributed by atoms with Crippen molar-refractivity contribution in [3.05, 3.63) is 57.1 Å². The number of phenols is 2. The Morgan fingerprint density at radius 3 is 2.21 bits per heavy atom. The third-order valence-corrected chi connectivity index (χ3v) is 4.44. The predicted molar refractivity (Wildman–Crippen MR) is 87.2 cm³/mol. The van der Waals surface area contributed by atoms with Crippen LogP contribution >= 0.6 is 0 Å². The minimum absolute atomic E-state index is 0.0180. The maximum Gasteiger partial charge on any atom is 0.202 e. The maximum absolute atomic E-state index is 12.9. The molecule has 0 bridgehead atoms. The van der Waals surface area contributed by atoms with Crippen molar-refractivity contribution in [2.24, 2.45) is 0 Å². The fraction of sp³-hybridized carbons (Fsp3) is 0.211. The molecule has 0 aromatic heterocycles. The zero-order valence-electron chi connectivity index (χ0n) is 13.6. The third-order valence-electron chi connectivity index (χ3n) is 4.44. The lowest BCUT2D eigenvalue weighted by atomic mass is 9.80. The molecular weight excluding hydrogens is 308 g/mol. The lowest BCUT2D eigenvalue weighted by Crippen LogP contribution is -2.23. The summed E-state index contributed by atoms with van der Waals surface area (Å²) >= 11 is 0. The topological polar surface area (TPSA) is 91.7 Å². The molecule has 122 valence electrons. The van der Waals surface area contributed by atoms with Crippen LogP contribution in [-0.4, -0.2) is 27.6 Å². The molecule has 0 saturated carbocycles. The summed E-state index contributed by atoms with van der Waals surface area (Å²) in [5.41, 5.74) is 0.819. The average Bonchev–Trinajstić information content (AvgIpc) is 2.51. The number of carbonyl (C=O) groups is 3. The monoisotopic (exact) mass is 324 g/mol. The van der Waals surface area contributed by atoms with Crippen LogP contribution in [0.4, 0.5) is 0 Å². The van der Waals surface area contributed by atoms with Gasteiger partial charge in [0.05, 0.1) is 16.7 Å². The lowest BCUT2D eigenvalue weighted by Gasteiger charge is -2.22. The molecule has 0 atom stereocenters. The fourth-order valence-electron chi connectivity index (χ4n) is 3.26. The van der Waals surface area contributed by atoms with Crippen LogP contribution in [0.2, 0.25) is 0 Å². The van der Waals surface area contributed by atoms with E-state index in [1.165, 1.54) is 19.1 Å². The molecule has 5 nitrogen and oxygen atoms in total. The quantitative estimate of drug-likeness (QED) is 0.707. The summed E-state index contributed by atoms with van der Waals surface area (Å²) in [4.78, 5) is 37.4. The van der Waals surface area contributed by atoms with Gasteiger partial charge >= 0.3 is 0 Å². The van der Waals surface area contributed by atoms with Gasteiger partial charge in [-0.2, -0.15) is 0 Å². The van der Waals surface area contributed by atoms with E-state index in [9.17, 15) is 24.6 Å². The molecule has 0 aliphatic heterocycles. The van der Waals surface area contributed by atoms with Crippen LogP contribution in [0, 0.1) is 6.92 Å². The van der Waals surface area contributed by atoms with Crippen molar-refractivity contribution >= 4 is 17.3 Å². The highest BCUT2D eigenvalue weighted by Gasteiger charge is 2.36. The van der Waals surface area contributed by atoms with Crippen molar-refractivity contribution < 1.29 is 24.6 Å². The minimum atomic E-state index is -0.646. The largest absolute Gasteiger partial charge is 0.507 e. The first-order valence-electron chi connectivity index (χ1n) is 7.61. The van der Waals surface area contributed by atoms with Gasteiger partial charge in [-0.05, 0) is 43.5 Å². The normalized spacial score (nSPS) is 12.8. The van der Waals surface area contributed by atoms with E-state index in [-0.39, 0.29) is 33.6 Å². The second kappa shape index (κ2) is 5.30. The third kappa shape index (κ3) is 1.98. The average molecular weight is 324 g/mol. The maximum atomic E-state index is 12.9. The van der Waals surface area contributed by atoms with Crippen molar-refractivity contribution in [2.75, 3.05) is 0 Å². The Morgan fingerprint density at radius 1 is 1.00 bits per heavy atom. The summed E-state index contributed by atoms with van der Waals surface area (Å²) in [7, 11) is 0. The highest BCUT2D eigenvalue weighted by atomic mass is 16.3. The van der Waals surface area contributed by atoms with Crippen molar-refractivity contribution in [1.29, 1.82) is 0 Å². The van der Waals surface area contributed by atoms with Crippen LogP contribution in [0.5, 0.6) is 11.5 Å². The van der Waals surface area contributed by atoms with Crippen molar-refractivity contribution in [1.82, 2.24) is 0 Å². The molecule has 2 aromatic carbocycles. The van der Waals surface area contributed by atoms with E-state index < -0.39 is 23.1 Å². The number of fused-ring (bicyclic) bond motifs is 2. The van der Waals surface area contributed by atoms with Crippen LogP contribution in [-0.2, 0) is 6.42 Å². The summed E-state index contributed by atoms with van der Waals surface area (Å²) in [6, 6.07) is 4.57.